The minimum atomic E-state index is -4.35. The maximum atomic E-state index is 14.7. The molecule has 0 aliphatic heterocycles. The number of rotatable bonds is 13. The van der Waals surface area contributed by atoms with E-state index in [0.29, 0.717) is 5.56 Å². The fourth-order valence-corrected chi connectivity index (χ4v) is 7.50. The molecule has 0 heterocycles. The van der Waals surface area contributed by atoms with Gasteiger partial charge in [0.2, 0.25) is 11.8 Å². The highest BCUT2D eigenvalue weighted by molar-refractivity contribution is 7.92. The van der Waals surface area contributed by atoms with Crippen LogP contribution in [0.2, 0.25) is 5.02 Å². The smallest absolute Gasteiger partial charge is 0.264 e. The van der Waals surface area contributed by atoms with E-state index in [2.05, 4.69) is 5.32 Å². The van der Waals surface area contributed by atoms with Crippen molar-refractivity contribution in [3.05, 3.63) is 125 Å². The van der Waals surface area contributed by atoms with Crippen LogP contribution in [-0.4, -0.2) is 50.9 Å². The number of nitrogens with zero attached hydrogens (tertiary/aromatic N) is 2. The van der Waals surface area contributed by atoms with Crippen molar-refractivity contribution in [2.75, 3.05) is 18.0 Å². The Morgan fingerprint density at radius 2 is 1.60 bits per heavy atom. The Hall–Kier alpha value is -4.41. The van der Waals surface area contributed by atoms with Crippen molar-refractivity contribution in [2.24, 2.45) is 0 Å². The molecule has 8 nitrogen and oxygen atoms in total. The summed E-state index contributed by atoms with van der Waals surface area (Å²) >= 11 is 6.36. The van der Waals surface area contributed by atoms with Crippen molar-refractivity contribution in [1.29, 1.82) is 0 Å². The van der Waals surface area contributed by atoms with Crippen LogP contribution in [0.3, 0.4) is 0 Å². The first-order chi connectivity index (χ1) is 23.0. The molecule has 0 radical (unpaired) electrons. The van der Waals surface area contributed by atoms with Crippen molar-refractivity contribution in [1.82, 2.24) is 10.2 Å². The summed E-state index contributed by atoms with van der Waals surface area (Å²) in [4.78, 5) is 30.1. The van der Waals surface area contributed by atoms with E-state index < -0.39 is 34.3 Å². The summed E-state index contributed by atoms with van der Waals surface area (Å²) in [6.45, 7) is 1.10. The number of amides is 2. The van der Waals surface area contributed by atoms with Crippen molar-refractivity contribution < 1.29 is 27.1 Å². The lowest BCUT2D eigenvalue weighted by molar-refractivity contribution is -0.140. The molecule has 0 spiro atoms. The molecular weight excluding hydrogens is 653 g/mol. The average molecular weight is 692 g/mol. The lowest BCUT2D eigenvalue weighted by atomic mass is 10.0. The van der Waals surface area contributed by atoms with E-state index in [1.807, 2.05) is 37.3 Å². The third-order valence-electron chi connectivity index (χ3n) is 8.54. The third kappa shape index (κ3) is 8.54. The zero-order valence-corrected chi connectivity index (χ0v) is 28.5. The average Bonchev–Trinajstić information content (AvgIpc) is 3.59. The van der Waals surface area contributed by atoms with Gasteiger partial charge in [-0.05, 0) is 73.4 Å². The Balaban J connectivity index is 1.60. The molecule has 252 valence electrons. The molecule has 0 bridgehead atoms. The third-order valence-corrected chi connectivity index (χ3v) is 10.5. The van der Waals surface area contributed by atoms with Crippen LogP contribution in [-0.2, 0) is 32.6 Å². The maximum absolute atomic E-state index is 14.7. The Kier molecular flexibility index (Phi) is 11.4. The number of aryl methyl sites for hydroxylation is 1. The van der Waals surface area contributed by atoms with E-state index in [4.69, 9.17) is 16.3 Å². The number of anilines is 1. The van der Waals surface area contributed by atoms with E-state index in [1.165, 1.54) is 48.4 Å². The second-order valence-electron chi connectivity index (χ2n) is 12.0. The molecule has 4 aromatic carbocycles. The number of benzene rings is 4. The van der Waals surface area contributed by atoms with E-state index in [-0.39, 0.29) is 46.3 Å². The quantitative estimate of drug-likeness (QED) is 0.169. The first kappa shape index (κ1) is 34.9. The summed E-state index contributed by atoms with van der Waals surface area (Å²) in [6.07, 6.45) is 3.86. The largest absolute Gasteiger partial charge is 0.495 e. The number of hydrogen-bond donors (Lipinski definition) is 1. The lowest BCUT2D eigenvalue weighted by Crippen LogP contribution is -2.54. The van der Waals surface area contributed by atoms with Gasteiger partial charge >= 0.3 is 0 Å². The SMILES string of the molecule is COc1ccc(Cl)cc1N(CC(=O)N(Cc1ccc(F)cc1)C(Cc1ccccc1)C(=O)NC1CCCC1)S(=O)(=O)c1ccc(C)cc1. The predicted octanol–water partition coefficient (Wildman–Crippen LogP) is 6.69. The monoisotopic (exact) mass is 691 g/mol. The molecular formula is C37H39ClFN3O5S. The fraction of sp³-hybridized carbons (Fsp3) is 0.297. The van der Waals surface area contributed by atoms with Gasteiger partial charge in [0, 0.05) is 24.0 Å². The second-order valence-corrected chi connectivity index (χ2v) is 14.3. The molecule has 1 saturated carbocycles. The molecule has 1 atom stereocenters. The molecule has 1 fully saturated rings. The number of sulfonamides is 1. The number of nitrogens with one attached hydrogen (secondary N) is 1. The normalized spacial score (nSPS) is 13.9. The Morgan fingerprint density at radius 1 is 0.938 bits per heavy atom. The van der Waals surface area contributed by atoms with Crippen molar-refractivity contribution >= 4 is 39.1 Å². The Labute approximate surface area is 286 Å². The summed E-state index contributed by atoms with van der Waals surface area (Å²) in [7, 11) is -2.96. The number of carbonyl (C=O) groups is 2. The molecule has 1 aliphatic carbocycles. The summed E-state index contributed by atoms with van der Waals surface area (Å²) in [5.41, 5.74) is 2.32. The van der Waals surface area contributed by atoms with Crippen LogP contribution in [0.15, 0.2) is 102 Å². The summed E-state index contributed by atoms with van der Waals surface area (Å²) in [5.74, 6) is -1.23. The van der Waals surface area contributed by atoms with Crippen LogP contribution in [0.5, 0.6) is 5.75 Å². The van der Waals surface area contributed by atoms with Crippen LogP contribution < -0.4 is 14.4 Å². The molecule has 1 unspecified atom stereocenters. The maximum Gasteiger partial charge on any atom is 0.264 e. The van der Waals surface area contributed by atoms with Gasteiger partial charge < -0.3 is 15.0 Å². The second kappa shape index (κ2) is 15.7. The Morgan fingerprint density at radius 3 is 2.25 bits per heavy atom. The highest BCUT2D eigenvalue weighted by Crippen LogP contribution is 2.35. The van der Waals surface area contributed by atoms with Crippen LogP contribution in [0.25, 0.3) is 0 Å². The highest BCUT2D eigenvalue weighted by Gasteiger charge is 2.36. The van der Waals surface area contributed by atoms with Crippen LogP contribution in [0, 0.1) is 12.7 Å². The molecule has 2 amide bonds. The molecule has 0 saturated heterocycles. The minimum Gasteiger partial charge on any atom is -0.495 e. The molecule has 4 aromatic rings. The first-order valence-electron chi connectivity index (χ1n) is 15.9. The fourth-order valence-electron chi connectivity index (χ4n) is 5.92. The summed E-state index contributed by atoms with van der Waals surface area (Å²) < 4.78 is 49.1. The van der Waals surface area contributed by atoms with Gasteiger partial charge in [0.05, 0.1) is 17.7 Å². The minimum absolute atomic E-state index is 0.0207. The van der Waals surface area contributed by atoms with Gasteiger partial charge in [0.15, 0.2) is 0 Å². The van der Waals surface area contributed by atoms with Crippen LogP contribution in [0.4, 0.5) is 10.1 Å². The highest BCUT2D eigenvalue weighted by atomic mass is 35.5. The standard InChI is InChI=1S/C37H39ClFN3O5S/c1-26-12-19-32(20-13-26)48(45,46)42(33-23-29(38)16-21-35(33)47-2)25-36(43)41(24-28-14-17-30(39)18-15-28)34(22-27-8-4-3-5-9-27)37(44)40-31-10-6-7-11-31/h3-5,8-9,12-21,23,31,34H,6-7,10-11,22,24-25H2,1-2H3,(H,40,44). The summed E-state index contributed by atoms with van der Waals surface area (Å²) in [5, 5.41) is 3.38. The van der Waals surface area contributed by atoms with Gasteiger partial charge in [-0.15, -0.1) is 0 Å². The number of carbonyl (C=O) groups excluding carboxylic acids is 2. The molecule has 1 N–H and O–H groups in total. The number of halogens is 2. The van der Waals surface area contributed by atoms with Gasteiger partial charge in [-0.1, -0.05) is 84.6 Å². The van der Waals surface area contributed by atoms with Crippen LogP contribution >= 0.6 is 11.6 Å². The molecule has 48 heavy (non-hydrogen) atoms. The molecule has 11 heteroatoms. The van der Waals surface area contributed by atoms with Crippen molar-refractivity contribution in [3.8, 4) is 5.75 Å². The van der Waals surface area contributed by atoms with Gasteiger partial charge in [0.25, 0.3) is 10.0 Å². The van der Waals surface area contributed by atoms with Crippen molar-refractivity contribution in [2.45, 2.75) is 62.6 Å². The number of hydrogen-bond acceptors (Lipinski definition) is 5. The number of methoxy groups -OCH3 is 1. The molecule has 1 aliphatic rings. The van der Waals surface area contributed by atoms with E-state index in [0.717, 1.165) is 41.1 Å². The topological polar surface area (TPSA) is 96.0 Å². The molecule has 5 rings (SSSR count). The lowest BCUT2D eigenvalue weighted by Gasteiger charge is -2.34. The Bertz CT molecular complexity index is 1820. The van der Waals surface area contributed by atoms with Crippen molar-refractivity contribution in [3.63, 3.8) is 0 Å². The zero-order valence-electron chi connectivity index (χ0n) is 26.9. The van der Waals surface area contributed by atoms with E-state index in [9.17, 15) is 22.4 Å². The first-order valence-corrected chi connectivity index (χ1v) is 17.7. The van der Waals surface area contributed by atoms with Gasteiger partial charge in [-0.25, -0.2) is 12.8 Å². The predicted molar refractivity (Wildman–Crippen MR) is 185 cm³/mol. The van der Waals surface area contributed by atoms with Gasteiger partial charge in [-0.2, -0.15) is 0 Å². The number of ether oxygens (including phenoxy) is 1. The van der Waals surface area contributed by atoms with E-state index in [1.54, 1.807) is 30.3 Å². The van der Waals surface area contributed by atoms with E-state index >= 15 is 0 Å². The van der Waals surface area contributed by atoms with Gasteiger partial charge in [-0.3, -0.25) is 13.9 Å². The zero-order chi connectivity index (χ0) is 34.3. The van der Waals surface area contributed by atoms with Gasteiger partial charge in [0.1, 0.15) is 24.2 Å². The van der Waals surface area contributed by atoms with Crippen LogP contribution in [0.1, 0.15) is 42.4 Å². The summed E-state index contributed by atoms with van der Waals surface area (Å²) in [6, 6.07) is 24.8. The molecule has 0 aromatic heterocycles.